The van der Waals surface area contributed by atoms with Crippen molar-refractivity contribution in [3.8, 4) is 0 Å². The Bertz CT molecular complexity index is 829. The van der Waals surface area contributed by atoms with Gasteiger partial charge in [-0.2, -0.15) is 0 Å². The number of hydrogen-bond acceptors (Lipinski definition) is 7. The highest BCUT2D eigenvalue weighted by Crippen LogP contribution is 2.42. The summed E-state index contributed by atoms with van der Waals surface area (Å²) in [5.74, 6) is -0.111. The van der Waals surface area contributed by atoms with Crippen molar-refractivity contribution in [2.24, 2.45) is 17.6 Å². The Morgan fingerprint density at radius 3 is 2.60 bits per heavy atom. The van der Waals surface area contributed by atoms with Gasteiger partial charge in [-0.15, -0.1) is 0 Å². The second-order valence-electron chi connectivity index (χ2n) is 9.28. The Morgan fingerprint density at radius 2 is 1.97 bits per heavy atom. The molecule has 1 fully saturated rings. The molecule has 2 aliphatic rings. The lowest BCUT2D eigenvalue weighted by Crippen LogP contribution is -2.45. The van der Waals surface area contributed by atoms with Crippen molar-refractivity contribution in [3.63, 3.8) is 0 Å². The van der Waals surface area contributed by atoms with Crippen LogP contribution < -0.4 is 5.73 Å². The first-order valence-corrected chi connectivity index (χ1v) is 13.9. The third-order valence-electron chi connectivity index (χ3n) is 6.50. The van der Waals surface area contributed by atoms with Crippen LogP contribution in [0.5, 0.6) is 0 Å². The molecular formula is C25H40NO8P. The molecule has 0 aromatic carbocycles. The van der Waals surface area contributed by atoms with E-state index in [9.17, 15) is 29.4 Å². The Kier molecular flexibility index (Phi) is 12.1. The first-order valence-electron chi connectivity index (χ1n) is 12.3. The van der Waals surface area contributed by atoms with E-state index in [-0.39, 0.29) is 25.3 Å². The highest BCUT2D eigenvalue weighted by Gasteiger charge is 2.40. The number of phosphoric acid groups is 1. The minimum atomic E-state index is -5.01. The van der Waals surface area contributed by atoms with Gasteiger partial charge < -0.3 is 30.5 Å². The van der Waals surface area contributed by atoms with E-state index in [1.807, 2.05) is 13.0 Å². The van der Waals surface area contributed by atoms with Crippen LogP contribution in [0.4, 0.5) is 0 Å². The lowest BCUT2D eigenvalue weighted by molar-refractivity contribution is -0.143. The van der Waals surface area contributed by atoms with E-state index in [0.29, 0.717) is 12.3 Å². The van der Waals surface area contributed by atoms with E-state index >= 15 is 0 Å². The third kappa shape index (κ3) is 10.5. The zero-order chi connectivity index (χ0) is 25.9. The highest BCUT2D eigenvalue weighted by molar-refractivity contribution is 7.46. The van der Waals surface area contributed by atoms with Crippen LogP contribution in [-0.2, 0) is 18.6 Å². The fourth-order valence-electron chi connectivity index (χ4n) is 4.51. The number of carbonyl (C=O) groups is 1. The molecule has 5 unspecified atom stereocenters. The number of aliphatic hydroxyl groups is 2. The van der Waals surface area contributed by atoms with Crippen LogP contribution in [0.15, 0.2) is 48.6 Å². The molecule has 2 rings (SSSR count). The topological polar surface area (TPSA) is 160 Å². The van der Waals surface area contributed by atoms with Crippen molar-refractivity contribution in [2.45, 2.75) is 82.2 Å². The number of aliphatic hydroxyl groups excluding tert-OH is 1. The number of phosphoric ester groups is 1. The lowest BCUT2D eigenvalue weighted by Gasteiger charge is -2.35. The number of allylic oxidation sites excluding steroid dienone is 3. The summed E-state index contributed by atoms with van der Waals surface area (Å²) in [4.78, 5) is 30.6. The maximum absolute atomic E-state index is 11.7. The van der Waals surface area contributed by atoms with Crippen LogP contribution in [0, 0.1) is 11.8 Å². The molecule has 1 aliphatic carbocycles. The molecule has 0 saturated heterocycles. The van der Waals surface area contributed by atoms with Gasteiger partial charge in [0.1, 0.15) is 17.8 Å². The quantitative estimate of drug-likeness (QED) is 0.108. The average molecular weight is 514 g/mol. The molecule has 0 spiro atoms. The molecule has 0 amide bonds. The van der Waals surface area contributed by atoms with E-state index in [1.165, 1.54) is 43.6 Å². The van der Waals surface area contributed by atoms with E-state index in [0.717, 1.165) is 12.8 Å². The Balaban J connectivity index is 2.16. The van der Waals surface area contributed by atoms with Crippen LogP contribution in [0.1, 0.15) is 58.3 Å². The van der Waals surface area contributed by atoms with Crippen molar-refractivity contribution in [2.75, 3.05) is 6.54 Å². The van der Waals surface area contributed by atoms with Crippen molar-refractivity contribution in [1.29, 1.82) is 0 Å². The summed E-state index contributed by atoms with van der Waals surface area (Å²) in [6, 6.07) is 0. The number of carbonyl (C=O) groups excluding carboxylic acids is 1. The van der Waals surface area contributed by atoms with Crippen LogP contribution >= 0.6 is 7.82 Å². The second-order valence-corrected chi connectivity index (χ2v) is 10.5. The molecular weight excluding hydrogens is 473 g/mol. The van der Waals surface area contributed by atoms with Gasteiger partial charge in [0.05, 0.1) is 6.10 Å². The van der Waals surface area contributed by atoms with Gasteiger partial charge in [-0.05, 0) is 44.2 Å². The second kappa shape index (κ2) is 14.2. The minimum absolute atomic E-state index is 0.0144. The molecule has 1 aliphatic heterocycles. The summed E-state index contributed by atoms with van der Waals surface area (Å²) in [6.07, 6.45) is 16.0. The van der Waals surface area contributed by atoms with Crippen LogP contribution in [-0.4, -0.2) is 56.4 Å². The largest absolute Gasteiger partial charge is 0.469 e. The molecule has 198 valence electrons. The summed E-state index contributed by atoms with van der Waals surface area (Å²) >= 11 is 0. The maximum Gasteiger partial charge on any atom is 0.469 e. The molecule has 1 saturated carbocycles. The van der Waals surface area contributed by atoms with E-state index < -0.39 is 37.7 Å². The van der Waals surface area contributed by atoms with Gasteiger partial charge in [-0.25, -0.2) is 9.36 Å². The Morgan fingerprint density at radius 1 is 1.26 bits per heavy atom. The predicted molar refractivity (Wildman–Crippen MR) is 133 cm³/mol. The molecule has 0 aromatic rings. The summed E-state index contributed by atoms with van der Waals surface area (Å²) in [6.45, 7) is 1.91. The molecule has 0 bridgehead atoms. The van der Waals surface area contributed by atoms with Crippen molar-refractivity contribution in [3.05, 3.63) is 48.6 Å². The van der Waals surface area contributed by atoms with Crippen molar-refractivity contribution in [1.82, 2.24) is 0 Å². The van der Waals surface area contributed by atoms with Crippen molar-refractivity contribution >= 4 is 13.8 Å². The van der Waals surface area contributed by atoms with Crippen molar-refractivity contribution < 1.29 is 38.6 Å². The zero-order valence-electron chi connectivity index (χ0n) is 20.3. The van der Waals surface area contributed by atoms with E-state index in [4.69, 9.17) is 15.0 Å². The fourth-order valence-corrected chi connectivity index (χ4v) is 5.11. The molecule has 5 atom stereocenters. The summed E-state index contributed by atoms with van der Waals surface area (Å²) in [7, 11) is -5.01. The van der Waals surface area contributed by atoms with Gasteiger partial charge in [0.15, 0.2) is 0 Å². The molecule has 1 heterocycles. The molecule has 6 N–H and O–H groups in total. The van der Waals surface area contributed by atoms with Gasteiger partial charge in [0.25, 0.3) is 0 Å². The number of nitrogens with two attached hydrogens (primary N) is 1. The lowest BCUT2D eigenvalue weighted by atomic mass is 9.86. The van der Waals surface area contributed by atoms with Gasteiger partial charge in [0, 0.05) is 18.4 Å². The Labute approximate surface area is 207 Å². The fraction of sp³-hybridized carbons (Fsp3) is 0.640. The Hall–Kier alpha value is -1.58. The highest BCUT2D eigenvalue weighted by atomic mass is 31.2. The normalized spacial score (nSPS) is 25.8. The van der Waals surface area contributed by atoms with Crippen LogP contribution in [0.25, 0.3) is 0 Å². The summed E-state index contributed by atoms with van der Waals surface area (Å²) in [5.41, 5.74) is 3.75. The van der Waals surface area contributed by atoms with E-state index in [2.05, 4.69) is 6.08 Å². The SMILES string of the molecule is CCC1C=CC(=O)OC1/C=C/C(O)(CCN)C(CC(O)/C=C/C=C/C1CCCCC1)OP(=O)(O)O. The van der Waals surface area contributed by atoms with Gasteiger partial charge >= 0.3 is 13.8 Å². The first-order chi connectivity index (χ1) is 16.6. The molecule has 0 radical (unpaired) electrons. The van der Waals surface area contributed by atoms with Gasteiger partial charge in [-0.3, -0.25) is 4.52 Å². The van der Waals surface area contributed by atoms with E-state index in [1.54, 1.807) is 12.2 Å². The zero-order valence-corrected chi connectivity index (χ0v) is 21.2. The molecule has 0 aromatic heterocycles. The molecule has 9 nitrogen and oxygen atoms in total. The monoisotopic (exact) mass is 513 g/mol. The van der Waals surface area contributed by atoms with Gasteiger partial charge in [-0.1, -0.05) is 62.6 Å². The number of ether oxygens (including phenoxy) is 1. The van der Waals surface area contributed by atoms with Crippen LogP contribution in [0.2, 0.25) is 0 Å². The maximum atomic E-state index is 11.7. The van der Waals surface area contributed by atoms with Gasteiger partial charge in [0.2, 0.25) is 0 Å². The van der Waals surface area contributed by atoms with Crippen LogP contribution in [0.3, 0.4) is 0 Å². The number of cyclic esters (lactones) is 1. The molecule has 35 heavy (non-hydrogen) atoms. The summed E-state index contributed by atoms with van der Waals surface area (Å²) < 4.78 is 21.9. The standard InChI is InChI=1S/C25H40NO8P/c1-2-20-12-13-24(28)33-22(20)14-15-25(29,16-17-26)23(34-35(30,31)32)18-21(27)11-7-6-10-19-8-4-3-5-9-19/h6-7,10-15,19-23,27,29H,2-5,8-9,16-18,26H2,1H3,(H2,30,31,32)/b10-6+,11-7+,15-14+. The first kappa shape index (κ1) is 29.6. The number of rotatable bonds is 13. The average Bonchev–Trinajstić information content (AvgIpc) is 2.80. The summed E-state index contributed by atoms with van der Waals surface area (Å²) in [5, 5.41) is 21.9. The third-order valence-corrected chi connectivity index (χ3v) is 7.03. The smallest absolute Gasteiger partial charge is 0.454 e. The predicted octanol–water partition coefficient (Wildman–Crippen LogP) is 3.05. The molecule has 10 heteroatoms. The number of hydrogen-bond donors (Lipinski definition) is 5. The number of esters is 1. The minimum Gasteiger partial charge on any atom is -0.454 e.